The topological polar surface area (TPSA) is 74.7 Å². The van der Waals surface area contributed by atoms with Crippen LogP contribution in [0.25, 0.3) is 10.9 Å². The molecule has 1 saturated heterocycles. The fourth-order valence-electron chi connectivity index (χ4n) is 3.41. The lowest BCUT2D eigenvalue weighted by Crippen LogP contribution is -2.36. The van der Waals surface area contributed by atoms with Gasteiger partial charge in [-0.25, -0.2) is 9.18 Å². The number of nitrogens with one attached hydrogen (secondary N) is 1. The zero-order valence-corrected chi connectivity index (χ0v) is 15.4. The monoisotopic (exact) mass is 381 g/mol. The second-order valence-corrected chi connectivity index (χ2v) is 6.76. The fraction of sp³-hybridized carbons (Fsp3) is 0.238. The van der Waals surface area contributed by atoms with E-state index in [9.17, 15) is 14.3 Å². The van der Waals surface area contributed by atoms with Crippen LogP contribution in [0.1, 0.15) is 15.9 Å². The second kappa shape index (κ2) is 7.44. The van der Waals surface area contributed by atoms with Gasteiger partial charge in [0, 0.05) is 18.5 Å². The molecule has 1 aromatic heterocycles. The molecule has 0 aliphatic carbocycles. The van der Waals surface area contributed by atoms with Crippen LogP contribution in [0.2, 0.25) is 0 Å². The molecule has 0 atom stereocenters. The molecule has 0 radical (unpaired) electrons. The van der Waals surface area contributed by atoms with Gasteiger partial charge in [0.2, 0.25) is 0 Å². The number of rotatable bonds is 4. The average molecular weight is 381 g/mol. The van der Waals surface area contributed by atoms with E-state index in [4.69, 9.17) is 4.74 Å². The first-order chi connectivity index (χ1) is 13.5. The maximum atomic E-state index is 14.0. The Morgan fingerprint density at radius 3 is 2.75 bits per heavy atom. The Labute approximate surface area is 161 Å². The maximum Gasteiger partial charge on any atom is 0.337 e. The van der Waals surface area contributed by atoms with Crippen molar-refractivity contribution in [2.75, 3.05) is 36.5 Å². The minimum Gasteiger partial charge on any atom is -0.478 e. The molecule has 6 nitrogen and oxygen atoms in total. The number of anilines is 3. The highest BCUT2D eigenvalue weighted by atomic mass is 19.1. The Kier molecular flexibility index (Phi) is 4.83. The van der Waals surface area contributed by atoms with Crippen LogP contribution in [0.5, 0.6) is 0 Å². The highest BCUT2D eigenvalue weighted by molar-refractivity contribution is 6.02. The number of halogens is 1. The van der Waals surface area contributed by atoms with Crippen molar-refractivity contribution >= 4 is 33.9 Å². The van der Waals surface area contributed by atoms with E-state index in [0.717, 1.165) is 11.3 Å². The molecule has 0 spiro atoms. The van der Waals surface area contributed by atoms with Crippen LogP contribution >= 0.6 is 0 Å². The minimum absolute atomic E-state index is 0.161. The highest BCUT2D eigenvalue weighted by Crippen LogP contribution is 2.36. The third kappa shape index (κ3) is 3.48. The van der Waals surface area contributed by atoms with Crippen LogP contribution in [-0.4, -0.2) is 42.4 Å². The molecule has 1 aliphatic rings. The summed E-state index contributed by atoms with van der Waals surface area (Å²) in [6.07, 6.45) is 1.74. The van der Waals surface area contributed by atoms with Gasteiger partial charge in [-0.15, -0.1) is 0 Å². The number of pyridine rings is 1. The largest absolute Gasteiger partial charge is 0.478 e. The molecule has 2 heterocycles. The first-order valence-corrected chi connectivity index (χ1v) is 9.05. The van der Waals surface area contributed by atoms with Crippen LogP contribution in [0.15, 0.2) is 42.6 Å². The van der Waals surface area contributed by atoms with Crippen LogP contribution < -0.4 is 10.2 Å². The SMILES string of the molecule is Cc1ccc(Nc2c(N3CCOCC3)cnc3ccc(F)cc23)c(C(=O)O)c1. The van der Waals surface area contributed by atoms with Gasteiger partial charge >= 0.3 is 5.97 Å². The van der Waals surface area contributed by atoms with Crippen molar-refractivity contribution in [2.24, 2.45) is 0 Å². The maximum absolute atomic E-state index is 14.0. The number of carbonyl (C=O) groups is 1. The van der Waals surface area contributed by atoms with Crippen LogP contribution in [-0.2, 0) is 4.74 Å². The zero-order valence-electron chi connectivity index (χ0n) is 15.4. The number of aromatic carboxylic acids is 1. The van der Waals surface area contributed by atoms with E-state index in [0.29, 0.717) is 48.6 Å². The lowest BCUT2D eigenvalue weighted by molar-refractivity contribution is 0.0698. The van der Waals surface area contributed by atoms with Crippen molar-refractivity contribution in [2.45, 2.75) is 6.92 Å². The third-order valence-corrected chi connectivity index (χ3v) is 4.83. The number of carboxylic acids is 1. The molecule has 0 unspecified atom stereocenters. The zero-order chi connectivity index (χ0) is 19.7. The molecule has 7 heteroatoms. The minimum atomic E-state index is -1.02. The van der Waals surface area contributed by atoms with Crippen LogP contribution in [0, 0.1) is 12.7 Å². The highest BCUT2D eigenvalue weighted by Gasteiger charge is 2.20. The van der Waals surface area contributed by atoms with Crippen molar-refractivity contribution in [3.8, 4) is 0 Å². The van der Waals surface area contributed by atoms with Crippen LogP contribution in [0.4, 0.5) is 21.5 Å². The smallest absolute Gasteiger partial charge is 0.337 e. The Morgan fingerprint density at radius 2 is 2.00 bits per heavy atom. The summed E-state index contributed by atoms with van der Waals surface area (Å²) in [6.45, 7) is 4.37. The van der Waals surface area contributed by atoms with Crippen molar-refractivity contribution in [3.63, 3.8) is 0 Å². The van der Waals surface area contributed by atoms with E-state index in [1.54, 1.807) is 24.4 Å². The Balaban J connectivity index is 1.88. The second-order valence-electron chi connectivity index (χ2n) is 6.76. The summed E-state index contributed by atoms with van der Waals surface area (Å²) in [5, 5.41) is 13.4. The van der Waals surface area contributed by atoms with Gasteiger partial charge in [-0.05, 0) is 37.3 Å². The predicted molar refractivity (Wildman–Crippen MR) is 106 cm³/mol. The number of benzene rings is 2. The van der Waals surface area contributed by atoms with Gasteiger partial charge in [0.1, 0.15) is 5.82 Å². The number of hydrogen-bond donors (Lipinski definition) is 2. The first-order valence-electron chi connectivity index (χ1n) is 9.05. The van der Waals surface area contributed by atoms with Gasteiger partial charge in [-0.2, -0.15) is 0 Å². The molecule has 1 fully saturated rings. The summed E-state index contributed by atoms with van der Waals surface area (Å²) >= 11 is 0. The molecule has 0 bridgehead atoms. The molecular weight excluding hydrogens is 361 g/mol. The summed E-state index contributed by atoms with van der Waals surface area (Å²) in [6, 6.07) is 9.58. The summed E-state index contributed by atoms with van der Waals surface area (Å²) in [5.41, 5.74) is 3.52. The molecule has 144 valence electrons. The number of hydrogen-bond acceptors (Lipinski definition) is 5. The normalized spacial score (nSPS) is 14.3. The van der Waals surface area contributed by atoms with E-state index in [1.807, 2.05) is 13.0 Å². The van der Waals surface area contributed by atoms with Gasteiger partial charge in [-0.1, -0.05) is 11.6 Å². The lowest BCUT2D eigenvalue weighted by atomic mass is 10.1. The Morgan fingerprint density at radius 1 is 1.21 bits per heavy atom. The quantitative estimate of drug-likeness (QED) is 0.713. The molecule has 2 N–H and O–H groups in total. The lowest BCUT2D eigenvalue weighted by Gasteiger charge is -2.31. The molecule has 4 rings (SSSR count). The standard InChI is InChI=1S/C21H20FN3O3/c1-13-2-4-18(16(10-13)21(26)27)24-20-15-11-14(22)3-5-17(15)23-12-19(20)25-6-8-28-9-7-25/h2-5,10-12H,6-9H2,1H3,(H,23,24)(H,26,27). The first kappa shape index (κ1) is 18.2. The molecule has 28 heavy (non-hydrogen) atoms. The molecule has 0 amide bonds. The molecule has 2 aromatic carbocycles. The van der Waals surface area contributed by atoms with Gasteiger partial charge in [-0.3, -0.25) is 4.98 Å². The van der Waals surface area contributed by atoms with Gasteiger partial charge in [0.25, 0.3) is 0 Å². The summed E-state index contributed by atoms with van der Waals surface area (Å²) in [5.74, 6) is -1.40. The number of fused-ring (bicyclic) bond motifs is 1. The van der Waals surface area contributed by atoms with E-state index in [1.165, 1.54) is 12.1 Å². The number of ether oxygens (including phenoxy) is 1. The van der Waals surface area contributed by atoms with Gasteiger partial charge < -0.3 is 20.1 Å². The van der Waals surface area contributed by atoms with Crippen molar-refractivity contribution < 1.29 is 19.0 Å². The Bertz CT molecular complexity index is 1050. The molecule has 1 aliphatic heterocycles. The number of morpholine rings is 1. The fourth-order valence-corrected chi connectivity index (χ4v) is 3.41. The number of aromatic nitrogens is 1. The van der Waals surface area contributed by atoms with Crippen molar-refractivity contribution in [1.29, 1.82) is 0 Å². The van der Waals surface area contributed by atoms with E-state index >= 15 is 0 Å². The number of aryl methyl sites for hydroxylation is 1. The number of carboxylic acid groups (broad SMARTS) is 1. The van der Waals surface area contributed by atoms with E-state index in [2.05, 4.69) is 15.2 Å². The summed E-state index contributed by atoms with van der Waals surface area (Å²) in [4.78, 5) is 18.3. The molecule has 3 aromatic rings. The van der Waals surface area contributed by atoms with Crippen molar-refractivity contribution in [1.82, 2.24) is 4.98 Å². The predicted octanol–water partition coefficient (Wildman–Crippen LogP) is 3.96. The third-order valence-electron chi connectivity index (χ3n) is 4.83. The average Bonchev–Trinajstić information content (AvgIpc) is 2.70. The molecular formula is C21H20FN3O3. The molecule has 0 saturated carbocycles. The number of nitrogens with zero attached hydrogens (tertiary/aromatic N) is 2. The van der Waals surface area contributed by atoms with Gasteiger partial charge in [0.05, 0.1) is 47.6 Å². The van der Waals surface area contributed by atoms with Gasteiger partial charge in [0.15, 0.2) is 0 Å². The summed E-state index contributed by atoms with van der Waals surface area (Å²) in [7, 11) is 0. The van der Waals surface area contributed by atoms with Crippen LogP contribution in [0.3, 0.4) is 0 Å². The Hall–Kier alpha value is -3.19. The van der Waals surface area contributed by atoms with Crippen molar-refractivity contribution in [3.05, 3.63) is 59.5 Å². The summed E-state index contributed by atoms with van der Waals surface area (Å²) < 4.78 is 19.4. The van der Waals surface area contributed by atoms with E-state index in [-0.39, 0.29) is 11.4 Å². The van der Waals surface area contributed by atoms with E-state index < -0.39 is 5.97 Å².